The maximum absolute atomic E-state index is 12.5. The lowest BCUT2D eigenvalue weighted by Crippen LogP contribution is -2.42. The molecule has 0 bridgehead atoms. The topological polar surface area (TPSA) is 49.4 Å². The van der Waals surface area contributed by atoms with Crippen molar-refractivity contribution in [2.75, 3.05) is 25.0 Å². The number of rotatable bonds is 7. The maximum atomic E-state index is 12.5. The van der Waals surface area contributed by atoms with Gasteiger partial charge in [-0.15, -0.1) is 0 Å². The van der Waals surface area contributed by atoms with Gasteiger partial charge in [0.2, 0.25) is 5.91 Å². The van der Waals surface area contributed by atoms with E-state index < -0.39 is 23.5 Å². The van der Waals surface area contributed by atoms with E-state index in [0.29, 0.717) is 30.0 Å². The predicted octanol–water partition coefficient (Wildman–Crippen LogP) is 4.35. The van der Waals surface area contributed by atoms with Crippen LogP contribution in [0.2, 0.25) is 0 Å². The third kappa shape index (κ3) is 7.25. The van der Waals surface area contributed by atoms with Crippen LogP contribution in [0.3, 0.4) is 0 Å². The molecule has 1 saturated heterocycles. The number of hydrogen-bond donors (Lipinski definition) is 1. The highest BCUT2D eigenvalue weighted by atomic mass is 32.2. The number of amides is 1. The summed E-state index contributed by atoms with van der Waals surface area (Å²) in [6.07, 6.45) is -3.40. The van der Waals surface area contributed by atoms with Crippen molar-refractivity contribution in [1.29, 1.82) is 0 Å². The first-order valence-electron chi connectivity index (χ1n) is 9.86. The first kappa shape index (κ1) is 22.5. The predicted molar refractivity (Wildman–Crippen MR) is 112 cm³/mol. The van der Waals surface area contributed by atoms with E-state index in [0.717, 1.165) is 11.1 Å². The normalized spacial score (nSPS) is 16.9. The second-order valence-electron chi connectivity index (χ2n) is 7.57. The van der Waals surface area contributed by atoms with Crippen LogP contribution < -0.4 is 5.32 Å². The van der Waals surface area contributed by atoms with E-state index in [9.17, 15) is 22.2 Å². The van der Waals surface area contributed by atoms with Crippen molar-refractivity contribution in [2.45, 2.75) is 30.5 Å². The highest BCUT2D eigenvalue weighted by Crippen LogP contribution is 2.24. The Hall–Kier alpha value is -2.19. The van der Waals surface area contributed by atoms with Crippen LogP contribution in [0, 0.1) is 5.92 Å². The molecule has 0 aliphatic carbocycles. The summed E-state index contributed by atoms with van der Waals surface area (Å²) in [7, 11) is -1.07. The molecule has 2 aromatic carbocycles. The SMILES string of the molecule is O=C(Nc1cccc(CS(=O)Cc2ccccc2)c1)C1CCN(CC(F)(F)F)CC1. The van der Waals surface area contributed by atoms with E-state index in [1.807, 2.05) is 36.4 Å². The fraction of sp³-hybridized carbons (Fsp3) is 0.409. The molecule has 30 heavy (non-hydrogen) atoms. The zero-order chi connectivity index (χ0) is 21.6. The Bertz CT molecular complexity index is 866. The van der Waals surface area contributed by atoms with Gasteiger partial charge in [0.1, 0.15) is 0 Å². The van der Waals surface area contributed by atoms with Crippen LogP contribution in [0.4, 0.5) is 18.9 Å². The van der Waals surface area contributed by atoms with Crippen LogP contribution in [-0.2, 0) is 27.1 Å². The summed E-state index contributed by atoms with van der Waals surface area (Å²) < 4.78 is 49.9. The molecule has 1 unspecified atom stereocenters. The molecule has 0 spiro atoms. The smallest absolute Gasteiger partial charge is 0.326 e. The quantitative estimate of drug-likeness (QED) is 0.699. The van der Waals surface area contributed by atoms with Gasteiger partial charge in [-0.1, -0.05) is 42.5 Å². The van der Waals surface area contributed by atoms with Gasteiger partial charge < -0.3 is 5.32 Å². The Morgan fingerprint density at radius 1 is 1.00 bits per heavy atom. The molecule has 1 atom stereocenters. The lowest BCUT2D eigenvalue weighted by atomic mass is 9.95. The number of anilines is 1. The van der Waals surface area contributed by atoms with Crippen LogP contribution in [0.15, 0.2) is 54.6 Å². The van der Waals surface area contributed by atoms with Gasteiger partial charge in [0.05, 0.1) is 6.54 Å². The average molecular weight is 439 g/mol. The molecule has 2 aromatic rings. The molecule has 1 amide bonds. The van der Waals surface area contributed by atoms with E-state index in [4.69, 9.17) is 0 Å². The molecular weight excluding hydrogens is 413 g/mol. The second-order valence-corrected chi connectivity index (χ2v) is 9.03. The molecule has 162 valence electrons. The molecule has 1 heterocycles. The van der Waals surface area contributed by atoms with Crippen molar-refractivity contribution < 1.29 is 22.2 Å². The van der Waals surface area contributed by atoms with Crippen LogP contribution in [0.25, 0.3) is 0 Å². The summed E-state index contributed by atoms with van der Waals surface area (Å²) in [4.78, 5) is 13.9. The summed E-state index contributed by atoms with van der Waals surface area (Å²) in [6.45, 7) is -0.407. The number of carbonyl (C=O) groups is 1. The van der Waals surface area contributed by atoms with Crippen molar-refractivity contribution in [3.8, 4) is 0 Å². The Kier molecular flexibility index (Phi) is 7.66. The maximum Gasteiger partial charge on any atom is 0.401 e. The lowest BCUT2D eigenvalue weighted by molar-refractivity contribution is -0.149. The van der Waals surface area contributed by atoms with E-state index in [1.54, 1.807) is 18.2 Å². The number of piperidine rings is 1. The first-order chi connectivity index (χ1) is 14.3. The zero-order valence-corrected chi connectivity index (χ0v) is 17.3. The standard InChI is InChI=1S/C22H25F3N2O2S/c23-22(24,25)16-27-11-9-19(10-12-27)21(28)26-20-8-4-7-18(13-20)15-30(29)14-17-5-2-1-3-6-17/h1-8,13,19H,9-12,14-16H2,(H,26,28). The van der Waals surface area contributed by atoms with Crippen molar-refractivity contribution in [2.24, 2.45) is 5.92 Å². The zero-order valence-electron chi connectivity index (χ0n) is 16.5. The van der Waals surface area contributed by atoms with Crippen LogP contribution in [0.1, 0.15) is 24.0 Å². The van der Waals surface area contributed by atoms with Gasteiger partial charge in [-0.25, -0.2) is 0 Å². The van der Waals surface area contributed by atoms with Crippen molar-refractivity contribution >= 4 is 22.4 Å². The lowest BCUT2D eigenvalue weighted by Gasteiger charge is -2.31. The number of carbonyl (C=O) groups excluding carboxylic acids is 1. The molecule has 1 N–H and O–H groups in total. The molecule has 1 fully saturated rings. The van der Waals surface area contributed by atoms with E-state index in [-0.39, 0.29) is 24.9 Å². The molecule has 8 heteroatoms. The monoisotopic (exact) mass is 438 g/mol. The highest BCUT2D eigenvalue weighted by Gasteiger charge is 2.33. The van der Waals surface area contributed by atoms with E-state index in [2.05, 4.69) is 5.32 Å². The van der Waals surface area contributed by atoms with E-state index in [1.165, 1.54) is 4.90 Å². The van der Waals surface area contributed by atoms with Gasteiger partial charge in [0, 0.05) is 33.9 Å². The Balaban J connectivity index is 1.50. The summed E-state index contributed by atoms with van der Waals surface area (Å²) in [6, 6.07) is 16.9. The van der Waals surface area contributed by atoms with Gasteiger partial charge in [0.25, 0.3) is 0 Å². The number of nitrogens with one attached hydrogen (secondary N) is 1. The minimum absolute atomic E-state index is 0.177. The Morgan fingerprint density at radius 3 is 2.30 bits per heavy atom. The van der Waals surface area contributed by atoms with E-state index >= 15 is 0 Å². The summed E-state index contributed by atoms with van der Waals surface area (Å²) >= 11 is 0. The third-order valence-corrected chi connectivity index (χ3v) is 6.36. The van der Waals surface area contributed by atoms with Crippen LogP contribution in [-0.4, -0.2) is 40.8 Å². The molecule has 1 aliphatic heterocycles. The number of halogens is 3. The molecular formula is C22H25F3N2O2S. The third-order valence-electron chi connectivity index (χ3n) is 5.05. The van der Waals surface area contributed by atoms with Gasteiger partial charge in [-0.05, 0) is 49.2 Å². The Morgan fingerprint density at radius 2 is 1.63 bits per heavy atom. The van der Waals surface area contributed by atoms with Crippen LogP contribution in [0.5, 0.6) is 0 Å². The minimum Gasteiger partial charge on any atom is -0.326 e. The molecule has 0 aromatic heterocycles. The number of alkyl halides is 3. The Labute approximate surface area is 176 Å². The minimum atomic E-state index is -4.21. The van der Waals surface area contributed by atoms with Gasteiger partial charge in [0.15, 0.2) is 0 Å². The summed E-state index contributed by atoms with van der Waals surface area (Å²) in [5, 5.41) is 2.86. The van der Waals surface area contributed by atoms with Gasteiger partial charge in [-0.2, -0.15) is 13.2 Å². The van der Waals surface area contributed by atoms with Gasteiger partial charge >= 0.3 is 6.18 Å². The number of hydrogen-bond acceptors (Lipinski definition) is 3. The largest absolute Gasteiger partial charge is 0.401 e. The molecule has 1 aliphatic rings. The fourth-order valence-electron chi connectivity index (χ4n) is 3.59. The number of likely N-dealkylation sites (tertiary alicyclic amines) is 1. The first-order valence-corrected chi connectivity index (χ1v) is 11.3. The number of benzene rings is 2. The van der Waals surface area contributed by atoms with Crippen molar-refractivity contribution in [3.05, 3.63) is 65.7 Å². The van der Waals surface area contributed by atoms with Crippen molar-refractivity contribution in [1.82, 2.24) is 4.90 Å². The molecule has 3 rings (SSSR count). The summed E-state index contributed by atoms with van der Waals surface area (Å²) in [5.74, 6) is 0.372. The van der Waals surface area contributed by atoms with Crippen molar-refractivity contribution in [3.63, 3.8) is 0 Å². The average Bonchev–Trinajstić information content (AvgIpc) is 2.68. The van der Waals surface area contributed by atoms with Gasteiger partial charge in [-0.3, -0.25) is 13.9 Å². The molecule has 4 nitrogen and oxygen atoms in total. The molecule has 0 saturated carbocycles. The fourth-order valence-corrected chi connectivity index (χ4v) is 4.80. The van der Waals surface area contributed by atoms with Crippen LogP contribution >= 0.6 is 0 Å². The summed E-state index contributed by atoms with van der Waals surface area (Å²) in [5.41, 5.74) is 2.49. The second kappa shape index (κ2) is 10.2. The highest BCUT2D eigenvalue weighted by molar-refractivity contribution is 7.83. The molecule has 0 radical (unpaired) electrons. The number of nitrogens with zero attached hydrogens (tertiary/aromatic N) is 1.